The van der Waals surface area contributed by atoms with Crippen molar-refractivity contribution in [3.8, 4) is 0 Å². The van der Waals surface area contributed by atoms with E-state index in [1.54, 1.807) is 0 Å². The third-order valence-electron chi connectivity index (χ3n) is 4.95. The van der Waals surface area contributed by atoms with Crippen LogP contribution in [0.5, 0.6) is 0 Å². The highest BCUT2D eigenvalue weighted by molar-refractivity contribution is 7.86. The van der Waals surface area contributed by atoms with Gasteiger partial charge in [-0.25, -0.2) is 0 Å². The lowest BCUT2D eigenvalue weighted by Crippen LogP contribution is -2.51. The van der Waals surface area contributed by atoms with Crippen molar-refractivity contribution in [2.75, 3.05) is 46.3 Å². The molecular weight excluding hydrogens is 330 g/mol. The van der Waals surface area contributed by atoms with E-state index in [-0.39, 0.29) is 19.0 Å². The molecule has 0 bridgehead atoms. The number of piperazine rings is 1. The summed E-state index contributed by atoms with van der Waals surface area (Å²) < 4.78 is 28.6. The van der Waals surface area contributed by atoms with Crippen LogP contribution in [0.1, 0.15) is 11.5 Å². The Bertz CT molecular complexity index is 687. The van der Waals surface area contributed by atoms with Crippen molar-refractivity contribution < 1.29 is 18.3 Å². The summed E-state index contributed by atoms with van der Waals surface area (Å²) in [6.45, 7) is 2.53. The fraction of sp³-hybridized carbons (Fsp3) is 0.562. The number of rotatable bonds is 4. The van der Waals surface area contributed by atoms with E-state index in [1.807, 2.05) is 37.4 Å². The number of aliphatic carboxylic acids is 1. The van der Waals surface area contributed by atoms with Gasteiger partial charge in [-0.3, -0.25) is 4.79 Å². The van der Waals surface area contributed by atoms with Crippen molar-refractivity contribution in [3.05, 3.63) is 35.9 Å². The van der Waals surface area contributed by atoms with Crippen molar-refractivity contribution in [1.82, 2.24) is 13.5 Å². The Balaban J connectivity index is 1.81. The van der Waals surface area contributed by atoms with Crippen LogP contribution in [0.2, 0.25) is 0 Å². The van der Waals surface area contributed by atoms with Gasteiger partial charge >= 0.3 is 5.97 Å². The van der Waals surface area contributed by atoms with Gasteiger partial charge in [0.1, 0.15) is 0 Å². The lowest BCUT2D eigenvalue weighted by molar-refractivity contribution is -0.141. The van der Waals surface area contributed by atoms with Crippen LogP contribution in [-0.2, 0) is 15.0 Å². The summed E-state index contributed by atoms with van der Waals surface area (Å²) in [6.07, 6.45) is 0. The van der Waals surface area contributed by atoms with E-state index in [0.29, 0.717) is 26.2 Å². The Morgan fingerprint density at radius 3 is 2.25 bits per heavy atom. The standard InChI is InChI=1S/C16H23N3O4S/c1-17-7-9-18(10-8-17)24(22,23)19-11-14(15(12-19)16(20)21)13-5-3-2-4-6-13/h2-6,14-15H,7-12H2,1H3,(H,20,21)/t14-,15+/m1/s1. The zero-order chi connectivity index (χ0) is 17.3. The van der Waals surface area contributed by atoms with Crippen molar-refractivity contribution in [2.24, 2.45) is 5.92 Å². The van der Waals surface area contributed by atoms with E-state index in [2.05, 4.69) is 4.90 Å². The average Bonchev–Trinajstić information content (AvgIpc) is 3.02. The van der Waals surface area contributed by atoms with Gasteiger partial charge in [0.25, 0.3) is 10.2 Å². The first-order chi connectivity index (χ1) is 11.4. The minimum Gasteiger partial charge on any atom is -0.481 e. The van der Waals surface area contributed by atoms with Gasteiger partial charge in [0.05, 0.1) is 5.92 Å². The van der Waals surface area contributed by atoms with E-state index in [9.17, 15) is 18.3 Å². The fourth-order valence-corrected chi connectivity index (χ4v) is 5.08. The second kappa shape index (κ2) is 6.79. The van der Waals surface area contributed by atoms with Gasteiger partial charge in [-0.2, -0.15) is 17.0 Å². The second-order valence-electron chi connectivity index (χ2n) is 6.49. The van der Waals surface area contributed by atoms with Crippen LogP contribution < -0.4 is 0 Å². The molecule has 2 heterocycles. The minimum absolute atomic E-state index is 0.0313. The summed E-state index contributed by atoms with van der Waals surface area (Å²) in [4.78, 5) is 13.7. The van der Waals surface area contributed by atoms with E-state index < -0.39 is 22.1 Å². The van der Waals surface area contributed by atoms with Gasteiger partial charge in [0.2, 0.25) is 0 Å². The Kier molecular flexibility index (Phi) is 4.91. The van der Waals surface area contributed by atoms with Crippen LogP contribution in [0.15, 0.2) is 30.3 Å². The molecule has 0 saturated carbocycles. The molecular formula is C16H23N3O4S. The first-order valence-electron chi connectivity index (χ1n) is 8.11. The maximum absolute atomic E-state index is 12.9. The van der Waals surface area contributed by atoms with Crippen LogP contribution in [0, 0.1) is 5.92 Å². The summed E-state index contributed by atoms with van der Waals surface area (Å²) in [7, 11) is -1.65. The second-order valence-corrected chi connectivity index (χ2v) is 8.42. The number of carbonyl (C=O) groups is 1. The monoisotopic (exact) mass is 353 g/mol. The number of hydrogen-bond donors (Lipinski definition) is 1. The molecule has 1 N–H and O–H groups in total. The minimum atomic E-state index is -3.62. The largest absolute Gasteiger partial charge is 0.481 e. The van der Waals surface area contributed by atoms with Crippen molar-refractivity contribution >= 4 is 16.2 Å². The molecule has 24 heavy (non-hydrogen) atoms. The van der Waals surface area contributed by atoms with Gasteiger partial charge in [-0.15, -0.1) is 0 Å². The van der Waals surface area contributed by atoms with Gasteiger partial charge in [0.15, 0.2) is 0 Å². The van der Waals surface area contributed by atoms with Gasteiger partial charge in [-0.05, 0) is 12.6 Å². The fourth-order valence-electron chi connectivity index (χ4n) is 3.43. The predicted octanol–water partition coefficient (Wildman–Crippen LogP) is 0.279. The maximum atomic E-state index is 12.9. The molecule has 2 aliphatic rings. The van der Waals surface area contributed by atoms with Crippen LogP contribution >= 0.6 is 0 Å². The Labute approximate surface area is 142 Å². The van der Waals surface area contributed by atoms with E-state index in [1.165, 1.54) is 8.61 Å². The predicted molar refractivity (Wildman–Crippen MR) is 89.9 cm³/mol. The smallest absolute Gasteiger partial charge is 0.308 e. The summed E-state index contributed by atoms with van der Waals surface area (Å²) in [6, 6.07) is 9.31. The van der Waals surface area contributed by atoms with Gasteiger partial charge < -0.3 is 10.0 Å². The van der Waals surface area contributed by atoms with E-state index in [4.69, 9.17) is 0 Å². The average molecular weight is 353 g/mol. The first-order valence-corrected chi connectivity index (χ1v) is 9.51. The van der Waals surface area contributed by atoms with E-state index >= 15 is 0 Å². The zero-order valence-corrected chi connectivity index (χ0v) is 14.5. The molecule has 2 saturated heterocycles. The summed E-state index contributed by atoms with van der Waals surface area (Å²) in [5.41, 5.74) is 0.876. The van der Waals surface area contributed by atoms with Crippen LogP contribution in [-0.4, -0.2) is 79.3 Å². The number of benzene rings is 1. The van der Waals surface area contributed by atoms with Crippen molar-refractivity contribution in [1.29, 1.82) is 0 Å². The molecule has 0 aromatic heterocycles. The van der Waals surface area contributed by atoms with Crippen molar-refractivity contribution in [2.45, 2.75) is 5.92 Å². The lowest BCUT2D eigenvalue weighted by Gasteiger charge is -2.34. The molecule has 2 atom stereocenters. The first kappa shape index (κ1) is 17.3. The number of nitrogens with zero attached hydrogens (tertiary/aromatic N) is 3. The highest BCUT2D eigenvalue weighted by atomic mass is 32.2. The molecule has 8 heteroatoms. The number of carboxylic acids is 1. The number of carboxylic acid groups (broad SMARTS) is 1. The lowest BCUT2D eigenvalue weighted by atomic mass is 9.89. The van der Waals surface area contributed by atoms with Gasteiger partial charge in [-0.1, -0.05) is 30.3 Å². The van der Waals surface area contributed by atoms with E-state index in [0.717, 1.165) is 5.56 Å². The number of likely N-dealkylation sites (N-methyl/N-ethyl adjacent to an activating group) is 1. The molecule has 2 aliphatic heterocycles. The number of hydrogen-bond acceptors (Lipinski definition) is 4. The maximum Gasteiger partial charge on any atom is 0.308 e. The SMILES string of the molecule is CN1CCN(S(=O)(=O)N2C[C@H](C(=O)O)[C@@H](c3ccccc3)C2)CC1. The summed E-state index contributed by atoms with van der Waals surface area (Å²) in [5, 5.41) is 9.53. The molecule has 0 radical (unpaired) electrons. The third kappa shape index (κ3) is 3.32. The molecule has 3 rings (SSSR count). The molecule has 0 amide bonds. The molecule has 2 fully saturated rings. The Morgan fingerprint density at radius 2 is 1.67 bits per heavy atom. The molecule has 0 spiro atoms. The molecule has 0 aliphatic carbocycles. The summed E-state index contributed by atoms with van der Waals surface area (Å²) >= 11 is 0. The topological polar surface area (TPSA) is 81.2 Å². The van der Waals surface area contributed by atoms with Crippen LogP contribution in [0.25, 0.3) is 0 Å². The van der Waals surface area contributed by atoms with Crippen LogP contribution in [0.4, 0.5) is 0 Å². The Morgan fingerprint density at radius 1 is 1.04 bits per heavy atom. The zero-order valence-electron chi connectivity index (χ0n) is 13.7. The summed E-state index contributed by atoms with van der Waals surface area (Å²) in [5.74, 6) is -1.97. The highest BCUT2D eigenvalue weighted by Gasteiger charge is 2.45. The quantitative estimate of drug-likeness (QED) is 0.841. The molecule has 132 valence electrons. The molecule has 1 aromatic rings. The highest BCUT2D eigenvalue weighted by Crippen LogP contribution is 2.35. The van der Waals surface area contributed by atoms with Gasteiger partial charge in [0, 0.05) is 45.2 Å². The Hall–Kier alpha value is -1.48. The van der Waals surface area contributed by atoms with Crippen molar-refractivity contribution in [3.63, 3.8) is 0 Å². The normalized spacial score (nSPS) is 27.4. The molecule has 1 aromatic carbocycles. The third-order valence-corrected chi connectivity index (χ3v) is 6.91. The van der Waals surface area contributed by atoms with Crippen LogP contribution in [0.3, 0.4) is 0 Å². The molecule has 7 nitrogen and oxygen atoms in total. The molecule has 0 unspecified atom stereocenters.